The molecule has 2 nitrogen and oxygen atoms in total. The van der Waals surface area contributed by atoms with Crippen LogP contribution in [0.25, 0.3) is 0 Å². The monoisotopic (exact) mass is 309 g/mol. The molecule has 23 heavy (non-hydrogen) atoms. The summed E-state index contributed by atoms with van der Waals surface area (Å²) in [5.74, 6) is 1.04. The molecule has 122 valence electrons. The largest absolute Gasteiger partial charge is 0.487 e. The van der Waals surface area contributed by atoms with Gasteiger partial charge in [0.1, 0.15) is 11.4 Å². The fourth-order valence-electron chi connectivity index (χ4n) is 3.27. The molecular formula is C21H27NO. The predicted octanol–water partition coefficient (Wildman–Crippen LogP) is 5.03. The van der Waals surface area contributed by atoms with Crippen LogP contribution in [-0.2, 0) is 13.0 Å². The smallest absolute Gasteiger partial charge is 0.124 e. The number of aryl methyl sites for hydroxylation is 1. The van der Waals surface area contributed by atoms with Crippen LogP contribution >= 0.6 is 0 Å². The van der Waals surface area contributed by atoms with E-state index >= 15 is 0 Å². The summed E-state index contributed by atoms with van der Waals surface area (Å²) in [7, 11) is 0. The Morgan fingerprint density at radius 1 is 1.09 bits per heavy atom. The molecule has 2 aromatic rings. The zero-order valence-electron chi connectivity index (χ0n) is 14.4. The Bertz CT molecular complexity index is 652. The van der Waals surface area contributed by atoms with Gasteiger partial charge in [-0.3, -0.25) is 0 Å². The number of ether oxygens (including phenoxy) is 1. The maximum atomic E-state index is 6.31. The van der Waals surface area contributed by atoms with Crippen molar-refractivity contribution in [2.24, 2.45) is 0 Å². The third-order valence-corrected chi connectivity index (χ3v) is 4.99. The molecule has 1 heterocycles. The summed E-state index contributed by atoms with van der Waals surface area (Å²) in [4.78, 5) is 0. The van der Waals surface area contributed by atoms with Crippen molar-refractivity contribution in [3.05, 3.63) is 65.2 Å². The van der Waals surface area contributed by atoms with Crippen LogP contribution in [0.2, 0.25) is 0 Å². The Labute approximate surface area is 139 Å². The van der Waals surface area contributed by atoms with Crippen LogP contribution in [0.1, 0.15) is 56.3 Å². The second-order valence-electron chi connectivity index (χ2n) is 6.75. The van der Waals surface area contributed by atoms with Gasteiger partial charge in [0.2, 0.25) is 0 Å². The predicted molar refractivity (Wildman–Crippen MR) is 95.8 cm³/mol. The van der Waals surface area contributed by atoms with E-state index in [0.717, 1.165) is 31.6 Å². The van der Waals surface area contributed by atoms with Crippen molar-refractivity contribution in [3.8, 4) is 5.75 Å². The highest BCUT2D eigenvalue weighted by Gasteiger charge is 2.35. The van der Waals surface area contributed by atoms with Gasteiger partial charge in [-0.1, -0.05) is 56.3 Å². The topological polar surface area (TPSA) is 21.3 Å². The summed E-state index contributed by atoms with van der Waals surface area (Å²) in [5.41, 5.74) is 3.92. The molecule has 2 aromatic carbocycles. The average molecular weight is 309 g/mol. The lowest BCUT2D eigenvalue weighted by Crippen LogP contribution is -2.41. The molecule has 0 radical (unpaired) electrons. The van der Waals surface area contributed by atoms with Gasteiger partial charge in [-0.15, -0.1) is 0 Å². The zero-order valence-corrected chi connectivity index (χ0v) is 14.4. The third-order valence-electron chi connectivity index (χ3n) is 4.99. The van der Waals surface area contributed by atoms with Gasteiger partial charge >= 0.3 is 0 Å². The number of rotatable bonds is 5. The lowest BCUT2D eigenvalue weighted by molar-refractivity contribution is 0.0439. The van der Waals surface area contributed by atoms with E-state index in [9.17, 15) is 0 Å². The summed E-state index contributed by atoms with van der Waals surface area (Å²) in [6.45, 7) is 7.52. The lowest BCUT2D eigenvalue weighted by atomic mass is 9.86. The molecule has 1 N–H and O–H groups in total. The van der Waals surface area contributed by atoms with E-state index in [4.69, 9.17) is 4.74 Å². The molecule has 3 rings (SSSR count). The zero-order chi connectivity index (χ0) is 16.3. The van der Waals surface area contributed by atoms with E-state index in [1.54, 1.807) is 0 Å². The minimum atomic E-state index is -0.0882. The van der Waals surface area contributed by atoms with Crippen molar-refractivity contribution in [1.29, 1.82) is 0 Å². The SMILES string of the molecule is CCc1ccc2c(c1)C(NCc1ccccc1)CC(C)(CC)O2. The second kappa shape index (κ2) is 6.76. The maximum absolute atomic E-state index is 6.31. The molecule has 1 aliphatic heterocycles. The Morgan fingerprint density at radius 3 is 2.57 bits per heavy atom. The normalized spacial score (nSPS) is 23.2. The van der Waals surface area contributed by atoms with Crippen molar-refractivity contribution in [1.82, 2.24) is 5.32 Å². The van der Waals surface area contributed by atoms with Crippen LogP contribution in [0, 0.1) is 0 Å². The van der Waals surface area contributed by atoms with Crippen molar-refractivity contribution >= 4 is 0 Å². The molecule has 2 atom stereocenters. The van der Waals surface area contributed by atoms with Crippen LogP contribution in [0.3, 0.4) is 0 Å². The molecule has 0 spiro atoms. The van der Waals surface area contributed by atoms with Gasteiger partial charge in [0.15, 0.2) is 0 Å². The van der Waals surface area contributed by atoms with Gasteiger partial charge in [0.25, 0.3) is 0 Å². The quantitative estimate of drug-likeness (QED) is 0.836. The highest BCUT2D eigenvalue weighted by atomic mass is 16.5. The first-order valence-electron chi connectivity index (χ1n) is 8.72. The van der Waals surface area contributed by atoms with Gasteiger partial charge in [0, 0.05) is 24.6 Å². The molecule has 0 aromatic heterocycles. The van der Waals surface area contributed by atoms with Crippen LogP contribution < -0.4 is 10.1 Å². The van der Waals surface area contributed by atoms with Crippen LogP contribution in [0.5, 0.6) is 5.75 Å². The van der Waals surface area contributed by atoms with Crippen molar-refractivity contribution in [2.45, 2.75) is 58.2 Å². The van der Waals surface area contributed by atoms with Crippen molar-refractivity contribution < 1.29 is 4.74 Å². The van der Waals surface area contributed by atoms with Gasteiger partial charge in [-0.2, -0.15) is 0 Å². The number of hydrogen-bond acceptors (Lipinski definition) is 2. The van der Waals surface area contributed by atoms with E-state index in [2.05, 4.69) is 74.6 Å². The Kier molecular flexibility index (Phi) is 4.72. The summed E-state index contributed by atoms with van der Waals surface area (Å²) in [6.07, 6.45) is 3.09. The van der Waals surface area contributed by atoms with E-state index in [1.165, 1.54) is 16.7 Å². The Morgan fingerprint density at radius 2 is 1.87 bits per heavy atom. The average Bonchev–Trinajstić information content (AvgIpc) is 2.60. The van der Waals surface area contributed by atoms with Crippen LogP contribution in [0.4, 0.5) is 0 Å². The van der Waals surface area contributed by atoms with Crippen LogP contribution in [0.15, 0.2) is 48.5 Å². The summed E-state index contributed by atoms with van der Waals surface area (Å²) in [5, 5.41) is 3.75. The van der Waals surface area contributed by atoms with Gasteiger partial charge in [-0.05, 0) is 37.0 Å². The molecule has 0 fully saturated rings. The molecule has 2 unspecified atom stereocenters. The van der Waals surface area contributed by atoms with Gasteiger partial charge in [-0.25, -0.2) is 0 Å². The van der Waals surface area contributed by atoms with E-state index in [1.807, 2.05) is 0 Å². The van der Waals surface area contributed by atoms with E-state index in [0.29, 0.717) is 6.04 Å². The Balaban J connectivity index is 1.85. The molecule has 0 bridgehead atoms. The second-order valence-corrected chi connectivity index (χ2v) is 6.75. The number of fused-ring (bicyclic) bond motifs is 1. The summed E-state index contributed by atoms with van der Waals surface area (Å²) in [6, 6.07) is 17.6. The Hall–Kier alpha value is -1.80. The van der Waals surface area contributed by atoms with Crippen molar-refractivity contribution in [2.75, 3.05) is 0 Å². The molecule has 0 saturated heterocycles. The van der Waals surface area contributed by atoms with Crippen LogP contribution in [-0.4, -0.2) is 5.60 Å². The minimum absolute atomic E-state index is 0.0882. The van der Waals surface area contributed by atoms with Gasteiger partial charge in [0.05, 0.1) is 0 Å². The summed E-state index contributed by atoms with van der Waals surface area (Å²) >= 11 is 0. The standard InChI is InChI=1S/C21H27NO/c1-4-16-11-12-20-18(13-16)19(14-21(3,5-2)23-20)22-15-17-9-7-6-8-10-17/h6-13,19,22H,4-5,14-15H2,1-3H3. The first-order valence-corrected chi connectivity index (χ1v) is 8.72. The highest BCUT2D eigenvalue weighted by molar-refractivity contribution is 5.42. The fraction of sp³-hybridized carbons (Fsp3) is 0.429. The molecule has 0 saturated carbocycles. The number of nitrogens with one attached hydrogen (secondary N) is 1. The molecule has 2 heteroatoms. The first kappa shape index (κ1) is 16.1. The first-order chi connectivity index (χ1) is 11.1. The molecule has 0 aliphatic carbocycles. The fourth-order valence-corrected chi connectivity index (χ4v) is 3.27. The lowest BCUT2D eigenvalue weighted by Gasteiger charge is -2.40. The third kappa shape index (κ3) is 3.59. The summed E-state index contributed by atoms with van der Waals surface area (Å²) < 4.78 is 6.31. The maximum Gasteiger partial charge on any atom is 0.124 e. The highest BCUT2D eigenvalue weighted by Crippen LogP contribution is 2.41. The minimum Gasteiger partial charge on any atom is -0.487 e. The number of benzene rings is 2. The molecule has 1 aliphatic rings. The van der Waals surface area contributed by atoms with E-state index < -0.39 is 0 Å². The number of hydrogen-bond donors (Lipinski definition) is 1. The van der Waals surface area contributed by atoms with Gasteiger partial charge < -0.3 is 10.1 Å². The van der Waals surface area contributed by atoms with E-state index in [-0.39, 0.29) is 5.60 Å². The van der Waals surface area contributed by atoms with Crippen molar-refractivity contribution in [3.63, 3.8) is 0 Å². The molecule has 0 amide bonds. The molecular weight excluding hydrogens is 282 g/mol.